The number of halogens is 2. The minimum Gasteiger partial charge on any atom is -0.475 e. The van der Waals surface area contributed by atoms with Crippen molar-refractivity contribution in [2.45, 2.75) is 6.67 Å². The van der Waals surface area contributed by atoms with Crippen molar-refractivity contribution in [3.63, 3.8) is 0 Å². The zero-order valence-corrected chi connectivity index (χ0v) is 7.71. The monoisotopic (exact) mass is 216 g/mol. The number of rotatable bonds is 3. The van der Waals surface area contributed by atoms with Crippen molar-refractivity contribution in [1.29, 1.82) is 0 Å². The zero-order valence-electron chi connectivity index (χ0n) is 6.96. The van der Waals surface area contributed by atoms with E-state index in [9.17, 15) is 14.0 Å². The highest BCUT2D eigenvalue weighted by Crippen LogP contribution is 2.19. The lowest BCUT2D eigenvalue weighted by atomic mass is 10.1. The van der Waals surface area contributed by atoms with Gasteiger partial charge >= 0.3 is 5.97 Å². The van der Waals surface area contributed by atoms with Gasteiger partial charge in [0.1, 0.15) is 6.67 Å². The molecule has 0 saturated carbocycles. The first-order valence-corrected chi connectivity index (χ1v) is 4.06. The van der Waals surface area contributed by atoms with E-state index in [1.54, 1.807) is 0 Å². The molecule has 0 bridgehead atoms. The Morgan fingerprint density at radius 2 is 2.07 bits per heavy atom. The molecule has 0 radical (unpaired) electrons. The van der Waals surface area contributed by atoms with Gasteiger partial charge in [-0.05, 0) is 17.7 Å². The number of ketones is 1. The van der Waals surface area contributed by atoms with Crippen LogP contribution in [0.4, 0.5) is 4.39 Å². The maximum absolute atomic E-state index is 12.1. The quantitative estimate of drug-likeness (QED) is 0.622. The minimum absolute atomic E-state index is 0.0486. The van der Waals surface area contributed by atoms with Gasteiger partial charge in [0.25, 0.3) is 5.78 Å². The summed E-state index contributed by atoms with van der Waals surface area (Å²) in [6, 6.07) is 3.76. The molecule has 0 aliphatic rings. The Kier molecular flexibility index (Phi) is 3.19. The van der Waals surface area contributed by atoms with Crippen LogP contribution < -0.4 is 0 Å². The van der Waals surface area contributed by atoms with E-state index in [4.69, 9.17) is 16.7 Å². The second-order valence-corrected chi connectivity index (χ2v) is 2.99. The summed E-state index contributed by atoms with van der Waals surface area (Å²) in [5.41, 5.74) is 0.174. The minimum atomic E-state index is -1.58. The number of aliphatic carboxylic acids is 1. The SMILES string of the molecule is O=C(O)C(=O)c1ccc(CF)cc1Cl. The van der Waals surface area contributed by atoms with Gasteiger partial charge in [-0.3, -0.25) is 4.79 Å². The van der Waals surface area contributed by atoms with Crippen molar-refractivity contribution in [1.82, 2.24) is 0 Å². The van der Waals surface area contributed by atoms with Crippen LogP contribution in [0.25, 0.3) is 0 Å². The molecule has 14 heavy (non-hydrogen) atoms. The van der Waals surface area contributed by atoms with Gasteiger partial charge in [0.05, 0.1) is 5.02 Å². The van der Waals surface area contributed by atoms with E-state index in [0.29, 0.717) is 5.56 Å². The molecule has 0 saturated heterocycles. The van der Waals surface area contributed by atoms with Gasteiger partial charge < -0.3 is 5.11 Å². The van der Waals surface area contributed by atoms with Gasteiger partial charge in [-0.15, -0.1) is 0 Å². The topological polar surface area (TPSA) is 54.4 Å². The molecule has 0 aliphatic heterocycles. The van der Waals surface area contributed by atoms with E-state index in [0.717, 1.165) is 0 Å². The lowest BCUT2D eigenvalue weighted by Gasteiger charge is -2.01. The van der Waals surface area contributed by atoms with Crippen LogP contribution in [0, 0.1) is 0 Å². The Morgan fingerprint density at radius 3 is 2.50 bits per heavy atom. The number of benzene rings is 1. The Labute approximate surface area is 84.1 Å². The van der Waals surface area contributed by atoms with Gasteiger partial charge in [0.2, 0.25) is 0 Å². The third-order valence-corrected chi connectivity index (χ3v) is 1.94. The largest absolute Gasteiger partial charge is 0.475 e. The van der Waals surface area contributed by atoms with E-state index >= 15 is 0 Å². The number of alkyl halides is 1. The summed E-state index contributed by atoms with van der Waals surface area (Å²) >= 11 is 5.60. The van der Waals surface area contributed by atoms with Crippen LogP contribution in [0.3, 0.4) is 0 Å². The van der Waals surface area contributed by atoms with Crippen LogP contribution in [0.15, 0.2) is 18.2 Å². The summed E-state index contributed by atoms with van der Waals surface area (Å²) in [7, 11) is 0. The first-order chi connectivity index (χ1) is 6.56. The Morgan fingerprint density at radius 1 is 1.43 bits per heavy atom. The molecule has 0 aliphatic carbocycles. The predicted octanol–water partition coefficient (Wildman–Crippen LogP) is 2.08. The fourth-order valence-corrected chi connectivity index (χ4v) is 1.23. The first-order valence-electron chi connectivity index (χ1n) is 3.68. The van der Waals surface area contributed by atoms with E-state index in [2.05, 4.69) is 0 Å². The molecule has 0 atom stereocenters. The standard InChI is InChI=1S/C9H6ClFO3/c10-7-3-5(4-11)1-2-6(7)8(12)9(13)14/h1-3H,4H2,(H,13,14). The molecular weight excluding hydrogens is 211 g/mol. The Hall–Kier alpha value is -1.42. The third-order valence-electron chi connectivity index (χ3n) is 1.63. The molecular formula is C9H6ClFO3. The molecule has 0 fully saturated rings. The molecule has 1 aromatic rings. The number of hydrogen-bond donors (Lipinski definition) is 1. The number of carboxylic acids is 1. The molecule has 1 N–H and O–H groups in total. The van der Waals surface area contributed by atoms with E-state index in [1.165, 1.54) is 18.2 Å². The predicted molar refractivity (Wildman–Crippen MR) is 48.2 cm³/mol. The van der Waals surface area contributed by atoms with Gasteiger partial charge in [-0.2, -0.15) is 0 Å². The first kappa shape index (κ1) is 10.7. The van der Waals surface area contributed by atoms with Gasteiger partial charge in [0, 0.05) is 5.56 Å². The molecule has 0 heterocycles. The molecule has 0 amide bonds. The van der Waals surface area contributed by atoms with Crippen molar-refractivity contribution >= 4 is 23.4 Å². The lowest BCUT2D eigenvalue weighted by molar-refractivity contribution is -0.131. The number of hydrogen-bond acceptors (Lipinski definition) is 2. The highest BCUT2D eigenvalue weighted by Gasteiger charge is 2.17. The van der Waals surface area contributed by atoms with E-state index in [-0.39, 0.29) is 10.6 Å². The molecule has 5 heteroatoms. The Bertz CT molecular complexity index is 390. The number of carbonyl (C=O) groups excluding carboxylic acids is 1. The van der Waals surface area contributed by atoms with Gasteiger partial charge in [0.15, 0.2) is 0 Å². The second-order valence-electron chi connectivity index (χ2n) is 2.58. The molecule has 74 valence electrons. The molecule has 0 aromatic heterocycles. The van der Waals surface area contributed by atoms with Crippen molar-refractivity contribution in [2.75, 3.05) is 0 Å². The third kappa shape index (κ3) is 2.09. The fraction of sp³-hybridized carbons (Fsp3) is 0.111. The van der Waals surface area contributed by atoms with Crippen LogP contribution in [0.5, 0.6) is 0 Å². The van der Waals surface area contributed by atoms with Crippen molar-refractivity contribution < 1.29 is 19.1 Å². The normalized spacial score (nSPS) is 9.86. The van der Waals surface area contributed by atoms with Crippen LogP contribution >= 0.6 is 11.6 Å². The molecule has 1 aromatic carbocycles. The van der Waals surface area contributed by atoms with Crippen LogP contribution in [-0.4, -0.2) is 16.9 Å². The van der Waals surface area contributed by atoms with Crippen LogP contribution in [0.1, 0.15) is 15.9 Å². The summed E-state index contributed by atoms with van der Waals surface area (Å²) in [4.78, 5) is 21.3. The van der Waals surface area contributed by atoms with Crippen LogP contribution in [0.2, 0.25) is 5.02 Å². The van der Waals surface area contributed by atoms with Crippen molar-refractivity contribution in [3.8, 4) is 0 Å². The van der Waals surface area contributed by atoms with Crippen LogP contribution in [-0.2, 0) is 11.5 Å². The fourth-order valence-electron chi connectivity index (χ4n) is 0.941. The summed E-state index contributed by atoms with van der Waals surface area (Å²) in [5.74, 6) is -2.68. The summed E-state index contributed by atoms with van der Waals surface area (Å²) in [6.45, 7) is -0.707. The highest BCUT2D eigenvalue weighted by atomic mass is 35.5. The van der Waals surface area contributed by atoms with Crippen molar-refractivity contribution in [3.05, 3.63) is 34.3 Å². The van der Waals surface area contributed by atoms with E-state index in [1.807, 2.05) is 0 Å². The second kappa shape index (κ2) is 4.19. The summed E-state index contributed by atoms with van der Waals surface area (Å²) in [5, 5.41) is 8.36. The average Bonchev–Trinajstić information content (AvgIpc) is 2.16. The number of carboxylic acid groups (broad SMARTS) is 1. The molecule has 0 spiro atoms. The molecule has 0 unspecified atom stereocenters. The maximum Gasteiger partial charge on any atom is 0.377 e. The number of carbonyl (C=O) groups is 2. The Balaban J connectivity index is 3.12. The maximum atomic E-state index is 12.1. The number of Topliss-reactive ketones (excluding diaryl/α,β-unsaturated/α-hetero) is 1. The molecule has 3 nitrogen and oxygen atoms in total. The average molecular weight is 217 g/mol. The molecule has 1 rings (SSSR count). The summed E-state index contributed by atoms with van der Waals surface area (Å²) < 4.78 is 12.1. The summed E-state index contributed by atoms with van der Waals surface area (Å²) in [6.07, 6.45) is 0. The van der Waals surface area contributed by atoms with Crippen molar-refractivity contribution in [2.24, 2.45) is 0 Å². The lowest BCUT2D eigenvalue weighted by Crippen LogP contribution is -2.13. The smallest absolute Gasteiger partial charge is 0.377 e. The van der Waals surface area contributed by atoms with Gasteiger partial charge in [-0.1, -0.05) is 17.7 Å². The van der Waals surface area contributed by atoms with E-state index < -0.39 is 18.4 Å². The highest BCUT2D eigenvalue weighted by molar-refractivity contribution is 6.45. The van der Waals surface area contributed by atoms with Gasteiger partial charge in [-0.25, -0.2) is 9.18 Å². The zero-order chi connectivity index (χ0) is 10.7.